The summed E-state index contributed by atoms with van der Waals surface area (Å²) in [4.78, 5) is 10.8. The Morgan fingerprint density at radius 3 is 2.64 bits per heavy atom. The molecule has 2 aromatic heterocycles. The predicted octanol–water partition coefficient (Wildman–Crippen LogP) is 2.07. The average molecular weight is 301 g/mol. The summed E-state index contributed by atoms with van der Waals surface area (Å²) in [6.45, 7) is 3.70. The molecule has 0 aliphatic heterocycles. The zero-order valence-electron chi connectivity index (χ0n) is 12.8. The lowest BCUT2D eigenvalue weighted by atomic mass is 10.2. The number of aliphatic hydroxyl groups excluding tert-OH is 1. The van der Waals surface area contributed by atoms with Crippen molar-refractivity contribution in [3.63, 3.8) is 0 Å². The van der Waals surface area contributed by atoms with Gasteiger partial charge >= 0.3 is 0 Å². The third-order valence-corrected chi connectivity index (χ3v) is 3.94. The van der Waals surface area contributed by atoms with Crippen molar-refractivity contribution in [2.24, 2.45) is 0 Å². The van der Waals surface area contributed by atoms with Crippen LogP contribution < -0.4 is 4.90 Å². The summed E-state index contributed by atoms with van der Waals surface area (Å²) in [6, 6.07) is 7.17. The molecule has 0 spiro atoms. The van der Waals surface area contributed by atoms with E-state index < -0.39 is 12.3 Å². The Morgan fingerprint density at radius 1 is 1.23 bits per heavy atom. The molecule has 116 valence electrons. The van der Waals surface area contributed by atoms with E-state index in [0.717, 1.165) is 16.5 Å². The van der Waals surface area contributed by atoms with Gasteiger partial charge in [-0.05, 0) is 19.1 Å². The van der Waals surface area contributed by atoms with Gasteiger partial charge < -0.3 is 19.5 Å². The van der Waals surface area contributed by atoms with E-state index in [4.69, 9.17) is 4.42 Å². The Balaban J connectivity index is 2.28. The van der Waals surface area contributed by atoms with E-state index in [1.54, 1.807) is 18.9 Å². The summed E-state index contributed by atoms with van der Waals surface area (Å²) in [5, 5.41) is 19.8. The van der Waals surface area contributed by atoms with Crippen molar-refractivity contribution in [3.8, 4) is 0 Å². The molecule has 0 radical (unpaired) electrons. The lowest BCUT2D eigenvalue weighted by Gasteiger charge is -2.27. The number of aliphatic hydroxyl groups is 2. The number of para-hydroxylation sites is 1. The Hall–Kier alpha value is -2.18. The molecule has 0 aliphatic carbocycles. The molecule has 0 bridgehead atoms. The molecule has 3 aromatic rings. The van der Waals surface area contributed by atoms with Crippen LogP contribution in [0, 0.1) is 0 Å². The van der Waals surface area contributed by atoms with Gasteiger partial charge in [-0.3, -0.25) is 0 Å². The lowest BCUT2D eigenvalue weighted by molar-refractivity contribution is -0.0547. The fourth-order valence-corrected chi connectivity index (χ4v) is 2.41. The lowest BCUT2D eigenvalue weighted by Crippen LogP contribution is -2.39. The maximum atomic E-state index is 9.43. The van der Waals surface area contributed by atoms with Crippen molar-refractivity contribution < 1.29 is 14.6 Å². The van der Waals surface area contributed by atoms with Crippen LogP contribution in [0.1, 0.15) is 19.7 Å². The summed E-state index contributed by atoms with van der Waals surface area (Å²) < 4.78 is 5.90. The van der Waals surface area contributed by atoms with Crippen LogP contribution in [-0.2, 0) is 6.42 Å². The number of aryl methyl sites for hydroxylation is 1. The first-order chi connectivity index (χ1) is 10.5. The molecule has 0 saturated heterocycles. The largest absolute Gasteiger partial charge is 0.450 e. The minimum atomic E-state index is -1.47. The van der Waals surface area contributed by atoms with Gasteiger partial charge in [0.25, 0.3) is 0 Å². The number of aromatic nitrogens is 2. The van der Waals surface area contributed by atoms with Crippen molar-refractivity contribution in [2.75, 3.05) is 11.9 Å². The molecular formula is C16H19N3O3. The zero-order chi connectivity index (χ0) is 15.9. The third kappa shape index (κ3) is 2.30. The Bertz CT molecular complexity index is 813. The summed E-state index contributed by atoms with van der Waals surface area (Å²) in [5.74, 6) is 1.26. The smallest absolute Gasteiger partial charge is 0.196 e. The molecule has 1 aromatic carbocycles. The van der Waals surface area contributed by atoms with Crippen LogP contribution in [0.4, 0.5) is 5.82 Å². The highest BCUT2D eigenvalue weighted by Crippen LogP contribution is 2.33. The van der Waals surface area contributed by atoms with Crippen LogP contribution in [0.25, 0.3) is 22.1 Å². The van der Waals surface area contributed by atoms with Crippen molar-refractivity contribution >= 4 is 27.9 Å². The quantitative estimate of drug-likeness (QED) is 0.718. The summed E-state index contributed by atoms with van der Waals surface area (Å²) in [7, 11) is 1.76. The van der Waals surface area contributed by atoms with Crippen LogP contribution >= 0.6 is 0 Å². The predicted molar refractivity (Wildman–Crippen MR) is 84.8 cm³/mol. The van der Waals surface area contributed by atoms with E-state index in [1.807, 2.05) is 31.2 Å². The highest BCUT2D eigenvalue weighted by molar-refractivity contribution is 6.05. The molecular weight excluding hydrogens is 282 g/mol. The molecule has 0 saturated carbocycles. The standard InChI is InChI=1S/C16H19N3O3/c1-4-12-17-13-10-7-5-6-8-11(10)22-14(13)15(18-12)19(3)9(2)16(20)21/h5-9,16,20-21H,4H2,1-3H3/t9-/m0/s1. The van der Waals surface area contributed by atoms with Crippen molar-refractivity contribution in [3.05, 3.63) is 30.1 Å². The van der Waals surface area contributed by atoms with Gasteiger partial charge in [-0.15, -0.1) is 0 Å². The fourth-order valence-electron chi connectivity index (χ4n) is 2.41. The first-order valence-corrected chi connectivity index (χ1v) is 7.30. The normalized spacial score (nSPS) is 13.2. The van der Waals surface area contributed by atoms with Crippen LogP contribution in [0.3, 0.4) is 0 Å². The number of rotatable bonds is 4. The topological polar surface area (TPSA) is 82.6 Å². The Kier molecular flexibility index (Phi) is 3.72. The number of furan rings is 1. The molecule has 6 heteroatoms. The van der Waals surface area contributed by atoms with E-state index in [9.17, 15) is 10.2 Å². The molecule has 0 unspecified atom stereocenters. The van der Waals surface area contributed by atoms with E-state index in [0.29, 0.717) is 23.6 Å². The van der Waals surface area contributed by atoms with Gasteiger partial charge in [-0.2, -0.15) is 0 Å². The zero-order valence-corrected chi connectivity index (χ0v) is 12.8. The highest BCUT2D eigenvalue weighted by atomic mass is 16.5. The minimum Gasteiger partial charge on any atom is -0.450 e. The monoisotopic (exact) mass is 301 g/mol. The van der Waals surface area contributed by atoms with Crippen LogP contribution in [0.15, 0.2) is 28.7 Å². The molecule has 6 nitrogen and oxygen atoms in total. The second kappa shape index (κ2) is 5.55. The minimum absolute atomic E-state index is 0.518. The van der Waals surface area contributed by atoms with E-state index in [-0.39, 0.29) is 0 Å². The van der Waals surface area contributed by atoms with Crippen LogP contribution in [0.5, 0.6) is 0 Å². The molecule has 22 heavy (non-hydrogen) atoms. The maximum Gasteiger partial charge on any atom is 0.196 e. The molecule has 0 fully saturated rings. The first-order valence-electron chi connectivity index (χ1n) is 7.30. The number of hydrogen-bond donors (Lipinski definition) is 2. The summed E-state index contributed by atoms with van der Waals surface area (Å²) in [5.41, 5.74) is 2.06. The molecule has 0 aliphatic rings. The van der Waals surface area contributed by atoms with Crippen molar-refractivity contribution in [1.29, 1.82) is 0 Å². The van der Waals surface area contributed by atoms with Crippen LogP contribution in [-0.4, -0.2) is 39.6 Å². The van der Waals surface area contributed by atoms with Gasteiger partial charge in [0.15, 0.2) is 17.7 Å². The number of anilines is 1. The Labute approximate surface area is 128 Å². The second-order valence-electron chi connectivity index (χ2n) is 5.36. The van der Waals surface area contributed by atoms with Gasteiger partial charge in [-0.25, -0.2) is 9.97 Å². The van der Waals surface area contributed by atoms with E-state index in [2.05, 4.69) is 9.97 Å². The van der Waals surface area contributed by atoms with Crippen LogP contribution in [0.2, 0.25) is 0 Å². The summed E-state index contributed by atoms with van der Waals surface area (Å²) in [6.07, 6.45) is -0.781. The van der Waals surface area contributed by atoms with Gasteiger partial charge in [0.1, 0.15) is 16.9 Å². The number of likely N-dealkylation sites (N-methyl/N-ethyl adjacent to an activating group) is 1. The second-order valence-corrected chi connectivity index (χ2v) is 5.36. The van der Waals surface area contributed by atoms with Gasteiger partial charge in [0, 0.05) is 18.9 Å². The summed E-state index contributed by atoms with van der Waals surface area (Å²) >= 11 is 0. The number of benzene rings is 1. The SMILES string of the molecule is CCc1nc(N(C)[C@@H](C)C(O)O)c2oc3ccccc3c2n1. The first kappa shape index (κ1) is 14.7. The van der Waals surface area contributed by atoms with E-state index in [1.165, 1.54) is 0 Å². The molecule has 2 heterocycles. The molecule has 2 N–H and O–H groups in total. The molecule has 3 rings (SSSR count). The number of fused-ring (bicyclic) bond motifs is 3. The maximum absolute atomic E-state index is 9.43. The van der Waals surface area contributed by atoms with Crippen molar-refractivity contribution in [1.82, 2.24) is 9.97 Å². The number of nitrogens with zero attached hydrogens (tertiary/aromatic N) is 3. The van der Waals surface area contributed by atoms with Gasteiger partial charge in [0.05, 0.1) is 6.04 Å². The third-order valence-electron chi connectivity index (χ3n) is 3.94. The molecule has 1 atom stereocenters. The fraction of sp³-hybridized carbons (Fsp3) is 0.375. The average Bonchev–Trinajstić information content (AvgIpc) is 2.91. The van der Waals surface area contributed by atoms with Crippen molar-refractivity contribution in [2.45, 2.75) is 32.6 Å². The Morgan fingerprint density at radius 2 is 1.95 bits per heavy atom. The number of hydrogen-bond acceptors (Lipinski definition) is 6. The van der Waals surface area contributed by atoms with Gasteiger partial charge in [-0.1, -0.05) is 19.1 Å². The molecule has 0 amide bonds. The van der Waals surface area contributed by atoms with E-state index >= 15 is 0 Å². The van der Waals surface area contributed by atoms with Gasteiger partial charge in [0.2, 0.25) is 0 Å². The highest BCUT2D eigenvalue weighted by Gasteiger charge is 2.23.